The average Bonchev–Trinajstić information content (AvgIpc) is 3.28. The Morgan fingerprint density at radius 1 is 0.862 bits per heavy atom. The molecule has 4 aromatic rings. The molecule has 0 aromatic heterocycles. The summed E-state index contributed by atoms with van der Waals surface area (Å²) in [6.45, 7) is 3.24. The third kappa shape index (κ3) is 12.2. The zero-order chi connectivity index (χ0) is 47.4. The number of amides is 5. The molecule has 4 atom stereocenters. The van der Waals surface area contributed by atoms with Crippen molar-refractivity contribution in [1.82, 2.24) is 26.2 Å². The zero-order valence-corrected chi connectivity index (χ0v) is 36.1. The lowest BCUT2D eigenvalue weighted by molar-refractivity contribution is -0.141. The highest BCUT2D eigenvalue weighted by atomic mass is 19.4. The summed E-state index contributed by atoms with van der Waals surface area (Å²) in [6.07, 6.45) is -4.57. The molecule has 5 amide bonds. The molecule has 0 saturated heterocycles. The number of alkyl halides is 3. The molecular weight excluding hydrogens is 848 g/mol. The van der Waals surface area contributed by atoms with Crippen LogP contribution in [0.4, 0.5) is 13.2 Å². The van der Waals surface area contributed by atoms with Crippen LogP contribution in [0, 0.1) is 18.3 Å². The number of nitrogens with one attached hydrogen (secondary N) is 4. The van der Waals surface area contributed by atoms with Crippen molar-refractivity contribution in [2.75, 3.05) is 46.4 Å². The van der Waals surface area contributed by atoms with E-state index < -0.39 is 65.4 Å². The van der Waals surface area contributed by atoms with Gasteiger partial charge in [0.2, 0.25) is 23.6 Å². The number of fused-ring (bicyclic) bond motifs is 5. The molecule has 0 aliphatic carbocycles. The molecule has 344 valence electrons. The molecule has 65 heavy (non-hydrogen) atoms. The number of halogens is 3. The van der Waals surface area contributed by atoms with Gasteiger partial charge in [-0.25, -0.2) is 0 Å². The van der Waals surface area contributed by atoms with Crippen LogP contribution < -0.4 is 47.9 Å². The SMILES string of the molecule is Cc1cc(-c2ccc(C(F)(F)F)cc2)ccc1C(=O)N[C@@H](CCN)C(=O)N(C)[C@@H]1C(=O)N[C@@H](C)C(=O)N[C@H](C(=O)NCC#N)Cc2ccc(OCCN)c(c2)-c2cc1ccc2OCCN. The van der Waals surface area contributed by atoms with Crippen molar-refractivity contribution in [2.24, 2.45) is 17.2 Å². The topological polar surface area (TPSA) is 257 Å². The molecule has 4 aromatic carbocycles. The first-order valence-electron chi connectivity index (χ1n) is 20.7. The van der Waals surface area contributed by atoms with Gasteiger partial charge in [0.05, 0.1) is 11.6 Å². The molecule has 10 N–H and O–H groups in total. The van der Waals surface area contributed by atoms with E-state index >= 15 is 0 Å². The molecule has 0 fully saturated rings. The predicted molar refractivity (Wildman–Crippen MR) is 235 cm³/mol. The lowest BCUT2D eigenvalue weighted by Gasteiger charge is -2.32. The Morgan fingerprint density at radius 3 is 2.09 bits per heavy atom. The van der Waals surface area contributed by atoms with Gasteiger partial charge in [0.1, 0.15) is 55.4 Å². The zero-order valence-electron chi connectivity index (χ0n) is 36.1. The molecule has 5 rings (SSSR count). The highest BCUT2D eigenvalue weighted by molar-refractivity contribution is 6.00. The Labute approximate surface area is 374 Å². The first-order valence-corrected chi connectivity index (χ1v) is 20.7. The summed E-state index contributed by atoms with van der Waals surface area (Å²) in [4.78, 5) is 71.1. The number of ether oxygens (including phenoxy) is 2. The van der Waals surface area contributed by atoms with E-state index in [-0.39, 0.29) is 63.4 Å². The Kier molecular flexibility index (Phi) is 16.6. The number of nitrogens with two attached hydrogens (primary N) is 3. The quantitative estimate of drug-likeness (QED) is 0.0854. The number of rotatable bonds is 15. The minimum Gasteiger partial charge on any atom is -0.492 e. The van der Waals surface area contributed by atoms with E-state index in [4.69, 9.17) is 31.9 Å². The third-order valence-electron chi connectivity index (χ3n) is 10.6. The minimum absolute atomic E-state index is 0.0244. The van der Waals surface area contributed by atoms with E-state index in [1.807, 2.05) is 6.07 Å². The summed E-state index contributed by atoms with van der Waals surface area (Å²) in [5.41, 5.74) is 20.2. The fraction of sp³-hybridized carbons (Fsp3) is 0.348. The highest BCUT2D eigenvalue weighted by Gasteiger charge is 2.36. The number of nitrogens with zero attached hydrogens (tertiary/aromatic N) is 2. The first kappa shape index (κ1) is 49.0. The summed E-state index contributed by atoms with van der Waals surface area (Å²) >= 11 is 0. The summed E-state index contributed by atoms with van der Waals surface area (Å²) < 4.78 is 51.6. The lowest BCUT2D eigenvalue weighted by atomic mass is 9.93. The van der Waals surface area contributed by atoms with E-state index in [9.17, 15) is 37.1 Å². The normalized spacial score (nSPS) is 16.7. The predicted octanol–water partition coefficient (Wildman–Crippen LogP) is 2.86. The van der Waals surface area contributed by atoms with E-state index in [0.717, 1.165) is 17.0 Å². The number of hydrogen-bond acceptors (Lipinski definition) is 11. The van der Waals surface area contributed by atoms with Crippen LogP contribution >= 0.6 is 0 Å². The van der Waals surface area contributed by atoms with Gasteiger partial charge in [0.15, 0.2) is 0 Å². The molecule has 19 heteroatoms. The molecule has 0 spiro atoms. The fourth-order valence-electron chi connectivity index (χ4n) is 7.32. The molecule has 1 aliphatic heterocycles. The van der Waals surface area contributed by atoms with Gasteiger partial charge >= 0.3 is 6.18 Å². The Balaban J connectivity index is 1.55. The molecule has 0 unspecified atom stereocenters. The maximum Gasteiger partial charge on any atom is 0.416 e. The molecule has 0 radical (unpaired) electrons. The Morgan fingerprint density at radius 2 is 1.49 bits per heavy atom. The number of benzene rings is 4. The molecule has 4 bridgehead atoms. The lowest BCUT2D eigenvalue weighted by Crippen LogP contribution is -2.56. The largest absolute Gasteiger partial charge is 0.492 e. The van der Waals surface area contributed by atoms with Gasteiger partial charge in [-0.1, -0.05) is 36.4 Å². The molecule has 1 aliphatic rings. The summed E-state index contributed by atoms with van der Waals surface area (Å²) in [5, 5.41) is 19.7. The number of aryl methyl sites for hydroxylation is 1. The van der Waals surface area contributed by atoms with Crippen molar-refractivity contribution in [3.8, 4) is 39.8 Å². The van der Waals surface area contributed by atoms with Gasteiger partial charge < -0.3 is 52.8 Å². The molecule has 0 saturated carbocycles. The monoisotopic (exact) mass is 899 g/mol. The highest BCUT2D eigenvalue weighted by Crippen LogP contribution is 2.40. The van der Waals surface area contributed by atoms with E-state index in [0.29, 0.717) is 44.9 Å². The van der Waals surface area contributed by atoms with Crippen molar-refractivity contribution in [3.63, 3.8) is 0 Å². The summed E-state index contributed by atoms with van der Waals surface area (Å²) in [6, 6.07) is 16.0. The van der Waals surface area contributed by atoms with Crippen molar-refractivity contribution in [3.05, 3.63) is 107 Å². The van der Waals surface area contributed by atoms with Crippen molar-refractivity contribution in [1.29, 1.82) is 5.26 Å². The second kappa shape index (κ2) is 22.1. The second-order valence-electron chi connectivity index (χ2n) is 15.3. The second-order valence-corrected chi connectivity index (χ2v) is 15.3. The minimum atomic E-state index is -4.50. The number of carbonyl (C=O) groups is 5. The van der Waals surface area contributed by atoms with E-state index in [1.165, 1.54) is 32.2 Å². The molecule has 16 nitrogen and oxygen atoms in total. The van der Waals surface area contributed by atoms with Gasteiger partial charge in [-0.3, -0.25) is 24.0 Å². The summed E-state index contributed by atoms with van der Waals surface area (Å²) in [5.74, 6) is -2.84. The average molecular weight is 900 g/mol. The van der Waals surface area contributed by atoms with Gasteiger partial charge in [0, 0.05) is 43.2 Å². The van der Waals surface area contributed by atoms with Gasteiger partial charge in [-0.2, -0.15) is 18.4 Å². The van der Waals surface area contributed by atoms with Crippen molar-refractivity contribution < 1.29 is 46.6 Å². The Hall–Kier alpha value is -7.01. The molecule has 1 heterocycles. The number of nitriles is 1. The van der Waals surface area contributed by atoms with Crippen LogP contribution in [-0.2, 0) is 31.8 Å². The van der Waals surface area contributed by atoms with Gasteiger partial charge in [0.25, 0.3) is 5.91 Å². The fourth-order valence-corrected chi connectivity index (χ4v) is 7.32. The first-order chi connectivity index (χ1) is 31.0. The van der Waals surface area contributed by atoms with E-state index in [2.05, 4.69) is 21.3 Å². The molecular formula is C46H52F3N9O7. The van der Waals surface area contributed by atoms with Gasteiger partial charge in [-0.15, -0.1) is 0 Å². The van der Waals surface area contributed by atoms with Crippen LogP contribution in [0.2, 0.25) is 0 Å². The van der Waals surface area contributed by atoms with Crippen LogP contribution in [0.25, 0.3) is 22.3 Å². The van der Waals surface area contributed by atoms with Crippen LogP contribution in [0.5, 0.6) is 11.5 Å². The maximum atomic E-state index is 14.6. The summed E-state index contributed by atoms with van der Waals surface area (Å²) in [7, 11) is 1.37. The van der Waals surface area contributed by atoms with Crippen LogP contribution in [-0.4, -0.2) is 99.0 Å². The van der Waals surface area contributed by atoms with Crippen molar-refractivity contribution >= 4 is 29.5 Å². The standard InChI is InChI=1S/C46H52F3N9O7/c1-26-22-30(29-5-9-32(10-6-29)46(47,48)49)7-11-33(26)42(60)56-36(14-15-50)45(63)58(3)40-31-8-13-39(65-21-18-53)35(25-31)34-23-28(4-12-38(34)64-20-17-52)24-37(43(61)54-19-16-51)57-41(59)27(2)55-44(40)62/h4-13,22-23,25,27,36-37,40H,14-15,17-21,24,50,52-53H2,1-3H3,(H,54,61)(H,55,62)(H,56,60)(H,57,59)/t27-,36-,37-,40-/m0/s1. The Bertz CT molecular complexity index is 2420. The smallest absolute Gasteiger partial charge is 0.416 e. The van der Waals surface area contributed by atoms with Crippen LogP contribution in [0.1, 0.15) is 52.0 Å². The van der Waals surface area contributed by atoms with Crippen molar-refractivity contribution in [2.45, 2.75) is 57.0 Å². The number of likely N-dealkylation sites (N-methyl/N-ethyl adjacent to an activating group) is 1. The van der Waals surface area contributed by atoms with Crippen LogP contribution in [0.3, 0.4) is 0 Å². The number of hydrogen-bond donors (Lipinski definition) is 7. The van der Waals surface area contributed by atoms with Crippen LogP contribution in [0.15, 0.2) is 78.9 Å². The third-order valence-corrected chi connectivity index (χ3v) is 10.6. The number of carbonyl (C=O) groups excluding carboxylic acids is 5. The maximum absolute atomic E-state index is 14.6. The van der Waals surface area contributed by atoms with Gasteiger partial charge in [-0.05, 0) is 97.1 Å². The van der Waals surface area contributed by atoms with E-state index in [1.54, 1.807) is 55.5 Å².